The second-order valence-electron chi connectivity index (χ2n) is 4.82. The molecular formula is C15H23NO3. The number of aliphatic hydroxyl groups excluding tert-OH is 1. The molecule has 0 amide bonds. The van der Waals surface area contributed by atoms with Gasteiger partial charge in [0, 0.05) is 25.2 Å². The quantitative estimate of drug-likeness (QED) is 0.849. The van der Waals surface area contributed by atoms with Crippen molar-refractivity contribution in [1.29, 1.82) is 0 Å². The number of para-hydroxylation sites is 1. The van der Waals surface area contributed by atoms with Crippen molar-refractivity contribution < 1.29 is 14.6 Å². The highest BCUT2D eigenvalue weighted by Gasteiger charge is 2.19. The minimum atomic E-state index is 0.0454. The number of benzene rings is 1. The number of hydrogen-bond acceptors (Lipinski definition) is 4. The summed E-state index contributed by atoms with van der Waals surface area (Å²) in [6.07, 6.45) is 1.40. The monoisotopic (exact) mass is 265 g/mol. The minimum absolute atomic E-state index is 0.0454. The summed E-state index contributed by atoms with van der Waals surface area (Å²) in [5.41, 5.74) is 1.17. The molecule has 0 aromatic heterocycles. The van der Waals surface area contributed by atoms with Gasteiger partial charge in [0.1, 0.15) is 12.4 Å². The molecule has 4 heteroatoms. The van der Waals surface area contributed by atoms with Crippen molar-refractivity contribution in [1.82, 2.24) is 4.90 Å². The third kappa shape index (κ3) is 4.20. The van der Waals surface area contributed by atoms with Crippen molar-refractivity contribution in [2.75, 3.05) is 32.9 Å². The van der Waals surface area contributed by atoms with E-state index in [1.165, 1.54) is 5.56 Å². The predicted molar refractivity (Wildman–Crippen MR) is 74.3 cm³/mol. The van der Waals surface area contributed by atoms with E-state index < -0.39 is 0 Å². The molecular weight excluding hydrogens is 242 g/mol. The number of morpholine rings is 1. The van der Waals surface area contributed by atoms with Gasteiger partial charge in [-0.2, -0.15) is 0 Å². The zero-order chi connectivity index (χ0) is 13.5. The first-order chi connectivity index (χ1) is 9.33. The number of ether oxygens (including phenoxy) is 2. The number of hydrogen-bond donors (Lipinski definition) is 1. The summed E-state index contributed by atoms with van der Waals surface area (Å²) in [7, 11) is 0. The maximum absolute atomic E-state index is 8.85. The van der Waals surface area contributed by atoms with E-state index in [0.717, 1.165) is 38.4 Å². The van der Waals surface area contributed by atoms with E-state index in [1.807, 2.05) is 18.2 Å². The predicted octanol–water partition coefficient (Wildman–Crippen LogP) is 1.67. The van der Waals surface area contributed by atoms with Gasteiger partial charge in [-0.25, -0.2) is 0 Å². The molecule has 1 heterocycles. The summed E-state index contributed by atoms with van der Waals surface area (Å²) < 4.78 is 11.3. The Hall–Kier alpha value is -1.10. The van der Waals surface area contributed by atoms with Gasteiger partial charge >= 0.3 is 0 Å². The average molecular weight is 265 g/mol. The van der Waals surface area contributed by atoms with Gasteiger partial charge in [-0.05, 0) is 12.5 Å². The van der Waals surface area contributed by atoms with Crippen LogP contribution in [-0.4, -0.2) is 49.0 Å². The fourth-order valence-electron chi connectivity index (χ4n) is 2.34. The Bertz CT molecular complexity index is 383. The van der Waals surface area contributed by atoms with Crippen molar-refractivity contribution in [3.63, 3.8) is 0 Å². The lowest BCUT2D eigenvalue weighted by atomic mass is 10.1. The van der Waals surface area contributed by atoms with E-state index in [9.17, 15) is 0 Å². The van der Waals surface area contributed by atoms with Crippen molar-refractivity contribution in [2.24, 2.45) is 0 Å². The molecule has 0 radical (unpaired) electrons. The average Bonchev–Trinajstić information content (AvgIpc) is 2.46. The molecule has 0 aliphatic carbocycles. The Morgan fingerprint density at radius 3 is 3.05 bits per heavy atom. The summed E-state index contributed by atoms with van der Waals surface area (Å²) in [5.74, 6) is 0.871. The van der Waals surface area contributed by atoms with Gasteiger partial charge in [-0.1, -0.05) is 25.1 Å². The van der Waals surface area contributed by atoms with Crippen LogP contribution in [0, 0.1) is 0 Å². The first-order valence-corrected chi connectivity index (χ1v) is 6.99. The number of rotatable bonds is 6. The van der Waals surface area contributed by atoms with Crippen LogP contribution in [0.3, 0.4) is 0 Å². The van der Waals surface area contributed by atoms with E-state index >= 15 is 0 Å². The molecule has 1 atom stereocenters. The van der Waals surface area contributed by atoms with Crippen molar-refractivity contribution >= 4 is 0 Å². The Kier molecular flexibility index (Phi) is 5.63. The molecule has 4 nitrogen and oxygen atoms in total. The SMILES string of the molecule is CC[C@@H]1CN(Cc2ccccc2OCCO)CCO1. The number of nitrogens with zero attached hydrogens (tertiary/aromatic N) is 1. The van der Waals surface area contributed by atoms with Crippen LogP contribution in [0.5, 0.6) is 5.75 Å². The maximum atomic E-state index is 8.85. The normalized spacial score (nSPS) is 20.4. The molecule has 1 N–H and O–H groups in total. The van der Waals surface area contributed by atoms with Crippen LogP contribution in [0.4, 0.5) is 0 Å². The molecule has 106 valence electrons. The highest BCUT2D eigenvalue weighted by atomic mass is 16.5. The van der Waals surface area contributed by atoms with Crippen molar-refractivity contribution in [2.45, 2.75) is 26.0 Å². The molecule has 0 bridgehead atoms. The Morgan fingerprint density at radius 1 is 1.42 bits per heavy atom. The van der Waals surface area contributed by atoms with Crippen LogP contribution < -0.4 is 4.74 Å². The third-order valence-electron chi connectivity index (χ3n) is 3.39. The highest BCUT2D eigenvalue weighted by molar-refractivity contribution is 5.33. The maximum Gasteiger partial charge on any atom is 0.123 e. The molecule has 1 aliphatic heterocycles. The molecule has 0 spiro atoms. The Labute approximate surface area is 114 Å². The topological polar surface area (TPSA) is 41.9 Å². The van der Waals surface area contributed by atoms with Crippen LogP contribution in [0.1, 0.15) is 18.9 Å². The molecule has 19 heavy (non-hydrogen) atoms. The second kappa shape index (κ2) is 7.48. The third-order valence-corrected chi connectivity index (χ3v) is 3.39. The molecule has 1 aromatic carbocycles. The summed E-state index contributed by atoms with van der Waals surface area (Å²) >= 11 is 0. The largest absolute Gasteiger partial charge is 0.491 e. The van der Waals surface area contributed by atoms with E-state index in [2.05, 4.69) is 17.9 Å². The second-order valence-corrected chi connectivity index (χ2v) is 4.82. The van der Waals surface area contributed by atoms with E-state index in [-0.39, 0.29) is 6.61 Å². The molecule has 1 fully saturated rings. The molecule has 0 unspecified atom stereocenters. The van der Waals surface area contributed by atoms with Gasteiger partial charge in [0.2, 0.25) is 0 Å². The number of aliphatic hydroxyl groups is 1. The fourth-order valence-corrected chi connectivity index (χ4v) is 2.34. The van der Waals surface area contributed by atoms with Gasteiger partial charge in [0.05, 0.1) is 19.3 Å². The van der Waals surface area contributed by atoms with E-state index in [1.54, 1.807) is 0 Å². The van der Waals surface area contributed by atoms with E-state index in [4.69, 9.17) is 14.6 Å². The van der Waals surface area contributed by atoms with Gasteiger partial charge < -0.3 is 14.6 Å². The van der Waals surface area contributed by atoms with Gasteiger partial charge in [-0.3, -0.25) is 4.90 Å². The lowest BCUT2D eigenvalue weighted by Crippen LogP contribution is -2.41. The van der Waals surface area contributed by atoms with Crippen molar-refractivity contribution in [3.05, 3.63) is 29.8 Å². The first kappa shape index (κ1) is 14.3. The van der Waals surface area contributed by atoms with Crippen molar-refractivity contribution in [3.8, 4) is 5.75 Å². The molecule has 1 aliphatic rings. The van der Waals surface area contributed by atoms with Crippen LogP contribution in [-0.2, 0) is 11.3 Å². The summed E-state index contributed by atoms with van der Waals surface area (Å²) in [6, 6.07) is 8.04. The van der Waals surface area contributed by atoms with Crippen LogP contribution in [0.2, 0.25) is 0 Å². The summed E-state index contributed by atoms with van der Waals surface area (Å²) in [5, 5.41) is 8.85. The molecule has 1 aromatic rings. The van der Waals surface area contributed by atoms with Gasteiger partial charge in [0.15, 0.2) is 0 Å². The van der Waals surface area contributed by atoms with Crippen LogP contribution >= 0.6 is 0 Å². The zero-order valence-corrected chi connectivity index (χ0v) is 11.5. The zero-order valence-electron chi connectivity index (χ0n) is 11.5. The van der Waals surface area contributed by atoms with E-state index in [0.29, 0.717) is 12.7 Å². The van der Waals surface area contributed by atoms with Gasteiger partial charge in [0.25, 0.3) is 0 Å². The smallest absolute Gasteiger partial charge is 0.123 e. The Balaban J connectivity index is 1.97. The van der Waals surface area contributed by atoms with Crippen LogP contribution in [0.25, 0.3) is 0 Å². The first-order valence-electron chi connectivity index (χ1n) is 6.99. The summed E-state index contributed by atoms with van der Waals surface area (Å²) in [4.78, 5) is 2.40. The Morgan fingerprint density at radius 2 is 2.26 bits per heavy atom. The molecule has 2 rings (SSSR count). The fraction of sp³-hybridized carbons (Fsp3) is 0.600. The minimum Gasteiger partial charge on any atom is -0.491 e. The highest BCUT2D eigenvalue weighted by Crippen LogP contribution is 2.21. The molecule has 0 saturated carbocycles. The lowest BCUT2D eigenvalue weighted by molar-refractivity contribution is -0.0326. The van der Waals surface area contributed by atoms with Gasteiger partial charge in [-0.15, -0.1) is 0 Å². The summed E-state index contributed by atoms with van der Waals surface area (Å²) in [6.45, 7) is 6.17. The molecule has 1 saturated heterocycles. The lowest BCUT2D eigenvalue weighted by Gasteiger charge is -2.32. The standard InChI is InChI=1S/C15H23NO3/c1-2-14-12-16(7-9-18-14)11-13-5-3-4-6-15(13)19-10-8-17/h3-6,14,17H,2,7-12H2,1H3/t14-/m1/s1. The van der Waals surface area contributed by atoms with Crippen LogP contribution in [0.15, 0.2) is 24.3 Å².